The van der Waals surface area contributed by atoms with Crippen LogP contribution < -0.4 is 5.32 Å². The zero-order valence-corrected chi connectivity index (χ0v) is 11.6. The van der Waals surface area contributed by atoms with Gasteiger partial charge in [0.05, 0.1) is 6.54 Å². The van der Waals surface area contributed by atoms with Crippen molar-refractivity contribution in [2.24, 2.45) is 5.92 Å². The molecule has 1 saturated heterocycles. The van der Waals surface area contributed by atoms with Crippen molar-refractivity contribution in [3.63, 3.8) is 0 Å². The van der Waals surface area contributed by atoms with Gasteiger partial charge in [-0.05, 0) is 37.1 Å². The molecule has 1 aliphatic heterocycles. The van der Waals surface area contributed by atoms with Gasteiger partial charge in [0, 0.05) is 10.9 Å². The van der Waals surface area contributed by atoms with E-state index < -0.39 is 0 Å². The molecule has 3 rings (SSSR count). The molecule has 1 saturated carbocycles. The fourth-order valence-corrected chi connectivity index (χ4v) is 4.13. The first-order valence-corrected chi connectivity index (χ1v) is 7.73. The topological polar surface area (TPSA) is 32.3 Å². The smallest absolute Gasteiger partial charge is 0.238 e. The van der Waals surface area contributed by atoms with Gasteiger partial charge in [-0.1, -0.05) is 18.9 Å². The van der Waals surface area contributed by atoms with Crippen LogP contribution in [0.4, 0.5) is 0 Å². The van der Waals surface area contributed by atoms with E-state index in [0.717, 1.165) is 0 Å². The molecule has 0 spiro atoms. The Morgan fingerprint density at radius 3 is 2.89 bits per heavy atom. The number of hydrogen-bond donors (Lipinski definition) is 1. The standard InChI is InChI=1S/C14H20N2OS/c1-10(11-5-2-3-6-11)16-13(17)9-15-14(16)12-7-4-8-18-12/h4,7-8,10-11,14-15H,2-3,5-6,9H2,1H3. The second kappa shape index (κ2) is 5.02. The molecule has 1 aromatic heterocycles. The van der Waals surface area contributed by atoms with E-state index >= 15 is 0 Å². The minimum Gasteiger partial charge on any atom is -0.318 e. The molecule has 0 radical (unpaired) electrons. The third kappa shape index (κ3) is 2.08. The van der Waals surface area contributed by atoms with Gasteiger partial charge in [0.1, 0.15) is 6.17 Å². The molecule has 18 heavy (non-hydrogen) atoms. The highest BCUT2D eigenvalue weighted by Gasteiger charge is 2.38. The molecule has 98 valence electrons. The summed E-state index contributed by atoms with van der Waals surface area (Å²) < 4.78 is 0. The lowest BCUT2D eigenvalue weighted by Gasteiger charge is -2.33. The molecule has 2 unspecified atom stereocenters. The quantitative estimate of drug-likeness (QED) is 0.910. The van der Waals surface area contributed by atoms with Gasteiger partial charge in [-0.15, -0.1) is 11.3 Å². The van der Waals surface area contributed by atoms with Gasteiger partial charge in [0.2, 0.25) is 5.91 Å². The Bertz CT molecular complexity index is 411. The van der Waals surface area contributed by atoms with E-state index in [1.165, 1.54) is 30.6 Å². The molecule has 2 atom stereocenters. The van der Waals surface area contributed by atoms with Crippen LogP contribution in [0.25, 0.3) is 0 Å². The molecule has 1 aliphatic carbocycles. The molecule has 2 fully saturated rings. The van der Waals surface area contributed by atoms with Gasteiger partial charge in [-0.25, -0.2) is 0 Å². The van der Waals surface area contributed by atoms with Crippen molar-refractivity contribution in [2.75, 3.05) is 6.54 Å². The van der Waals surface area contributed by atoms with E-state index in [9.17, 15) is 4.79 Å². The van der Waals surface area contributed by atoms with Crippen molar-refractivity contribution in [1.82, 2.24) is 10.2 Å². The van der Waals surface area contributed by atoms with Crippen LogP contribution in [0, 0.1) is 5.92 Å². The minimum absolute atomic E-state index is 0.105. The van der Waals surface area contributed by atoms with E-state index in [2.05, 4.69) is 34.7 Å². The number of thiophene rings is 1. The van der Waals surface area contributed by atoms with Crippen LogP contribution in [0.2, 0.25) is 0 Å². The maximum absolute atomic E-state index is 12.1. The fourth-order valence-electron chi connectivity index (χ4n) is 3.33. The Kier molecular flexibility index (Phi) is 3.39. The van der Waals surface area contributed by atoms with Crippen LogP contribution in [0.1, 0.15) is 43.6 Å². The third-order valence-corrected chi connectivity index (χ3v) is 5.27. The summed E-state index contributed by atoms with van der Waals surface area (Å²) in [5, 5.41) is 5.43. The Balaban J connectivity index is 1.80. The van der Waals surface area contributed by atoms with Crippen molar-refractivity contribution in [3.05, 3.63) is 22.4 Å². The molecular weight excluding hydrogens is 244 g/mol. The number of amides is 1. The normalized spacial score (nSPS) is 27.1. The largest absolute Gasteiger partial charge is 0.318 e. The molecule has 1 N–H and O–H groups in total. The van der Waals surface area contributed by atoms with Gasteiger partial charge in [-0.3, -0.25) is 10.1 Å². The molecule has 2 aliphatic rings. The summed E-state index contributed by atoms with van der Waals surface area (Å²) in [5.74, 6) is 0.948. The van der Waals surface area contributed by atoms with Crippen molar-refractivity contribution in [2.45, 2.75) is 44.8 Å². The first kappa shape index (κ1) is 12.2. The predicted molar refractivity (Wildman–Crippen MR) is 73.3 cm³/mol. The van der Waals surface area contributed by atoms with Gasteiger partial charge in [-0.2, -0.15) is 0 Å². The van der Waals surface area contributed by atoms with Crippen molar-refractivity contribution < 1.29 is 4.79 Å². The average molecular weight is 264 g/mol. The van der Waals surface area contributed by atoms with E-state index in [0.29, 0.717) is 18.5 Å². The summed E-state index contributed by atoms with van der Waals surface area (Å²) >= 11 is 1.73. The maximum Gasteiger partial charge on any atom is 0.238 e. The lowest BCUT2D eigenvalue weighted by Crippen LogP contribution is -2.41. The molecule has 2 heterocycles. The number of hydrogen-bond acceptors (Lipinski definition) is 3. The van der Waals surface area contributed by atoms with E-state index in [1.54, 1.807) is 11.3 Å². The number of nitrogens with one attached hydrogen (secondary N) is 1. The van der Waals surface area contributed by atoms with Crippen molar-refractivity contribution >= 4 is 17.2 Å². The zero-order valence-electron chi connectivity index (χ0n) is 10.8. The SMILES string of the molecule is CC(C1CCCC1)N1C(=O)CNC1c1cccs1. The number of rotatable bonds is 3. The Morgan fingerprint density at radius 2 is 2.22 bits per heavy atom. The van der Waals surface area contributed by atoms with Crippen molar-refractivity contribution in [3.8, 4) is 0 Å². The summed E-state index contributed by atoms with van der Waals surface area (Å²) in [6.07, 6.45) is 5.32. The molecule has 0 aromatic carbocycles. The maximum atomic E-state index is 12.1. The first-order chi connectivity index (χ1) is 8.77. The van der Waals surface area contributed by atoms with Crippen LogP contribution in [-0.2, 0) is 4.79 Å². The van der Waals surface area contributed by atoms with Gasteiger partial charge in [0.25, 0.3) is 0 Å². The Hall–Kier alpha value is -0.870. The number of carbonyl (C=O) groups is 1. The average Bonchev–Trinajstić information content (AvgIpc) is 3.10. The van der Waals surface area contributed by atoms with Crippen LogP contribution in [-0.4, -0.2) is 23.4 Å². The second-order valence-corrected chi connectivity index (χ2v) is 6.36. The summed E-state index contributed by atoms with van der Waals surface area (Å²) in [6.45, 7) is 2.71. The second-order valence-electron chi connectivity index (χ2n) is 5.39. The lowest BCUT2D eigenvalue weighted by atomic mass is 9.98. The summed E-state index contributed by atoms with van der Waals surface area (Å²) in [5.41, 5.74) is 0. The summed E-state index contributed by atoms with van der Waals surface area (Å²) in [7, 11) is 0. The van der Waals surface area contributed by atoms with Gasteiger partial charge >= 0.3 is 0 Å². The summed E-state index contributed by atoms with van der Waals surface area (Å²) in [6, 6.07) is 4.54. The van der Waals surface area contributed by atoms with Gasteiger partial charge < -0.3 is 4.90 Å². The highest BCUT2D eigenvalue weighted by molar-refractivity contribution is 7.10. The molecule has 3 nitrogen and oxygen atoms in total. The third-order valence-electron chi connectivity index (χ3n) is 4.35. The van der Waals surface area contributed by atoms with E-state index in [-0.39, 0.29) is 12.1 Å². The van der Waals surface area contributed by atoms with Crippen molar-refractivity contribution in [1.29, 1.82) is 0 Å². The molecular formula is C14H20N2OS. The van der Waals surface area contributed by atoms with Crippen LogP contribution in [0.5, 0.6) is 0 Å². The van der Waals surface area contributed by atoms with Crippen LogP contribution in [0.15, 0.2) is 17.5 Å². The number of nitrogens with zero attached hydrogens (tertiary/aromatic N) is 1. The Morgan fingerprint density at radius 1 is 1.44 bits per heavy atom. The number of carbonyl (C=O) groups excluding carboxylic acids is 1. The molecule has 1 aromatic rings. The summed E-state index contributed by atoms with van der Waals surface area (Å²) in [4.78, 5) is 15.5. The fraction of sp³-hybridized carbons (Fsp3) is 0.643. The van der Waals surface area contributed by atoms with E-state index in [1.807, 2.05) is 0 Å². The molecule has 0 bridgehead atoms. The first-order valence-electron chi connectivity index (χ1n) is 6.85. The monoisotopic (exact) mass is 264 g/mol. The highest BCUT2D eigenvalue weighted by atomic mass is 32.1. The van der Waals surface area contributed by atoms with Crippen LogP contribution in [0.3, 0.4) is 0 Å². The van der Waals surface area contributed by atoms with E-state index in [4.69, 9.17) is 0 Å². The highest BCUT2D eigenvalue weighted by Crippen LogP contribution is 2.35. The lowest BCUT2D eigenvalue weighted by molar-refractivity contribution is -0.131. The molecule has 4 heteroatoms. The minimum atomic E-state index is 0.105. The van der Waals surface area contributed by atoms with Crippen LogP contribution >= 0.6 is 11.3 Å². The zero-order chi connectivity index (χ0) is 12.5. The predicted octanol–water partition coefficient (Wildman–Crippen LogP) is 2.76. The Labute approximate surface area is 112 Å². The molecule has 1 amide bonds. The van der Waals surface area contributed by atoms with Gasteiger partial charge in [0.15, 0.2) is 0 Å².